The SMILES string of the molecule is O=C(O)c1cccc2c1C(=O)c1ccccc1C2=O.O=C1c2ccccc2C(=O)c2ccccc21. The van der Waals surface area contributed by atoms with Gasteiger partial charge in [-0.25, -0.2) is 4.79 Å². The van der Waals surface area contributed by atoms with Crippen LogP contribution >= 0.6 is 0 Å². The number of fused-ring (bicyclic) bond motifs is 4. The van der Waals surface area contributed by atoms with Crippen LogP contribution in [-0.4, -0.2) is 34.2 Å². The monoisotopic (exact) mass is 460 g/mol. The lowest BCUT2D eigenvalue weighted by atomic mass is 9.82. The third-order valence-electron chi connectivity index (χ3n) is 6.02. The van der Waals surface area contributed by atoms with E-state index in [1.165, 1.54) is 24.3 Å². The smallest absolute Gasteiger partial charge is 0.336 e. The van der Waals surface area contributed by atoms with E-state index < -0.39 is 11.8 Å². The van der Waals surface area contributed by atoms with Crippen molar-refractivity contribution in [1.82, 2.24) is 0 Å². The fraction of sp³-hybridized carbons (Fsp3) is 0. The van der Waals surface area contributed by atoms with Gasteiger partial charge in [-0.1, -0.05) is 84.9 Å². The first-order valence-electron chi connectivity index (χ1n) is 10.7. The second kappa shape index (κ2) is 8.43. The van der Waals surface area contributed by atoms with Crippen molar-refractivity contribution in [3.05, 3.63) is 141 Å². The van der Waals surface area contributed by atoms with Gasteiger partial charge >= 0.3 is 5.97 Å². The van der Waals surface area contributed by atoms with E-state index >= 15 is 0 Å². The van der Waals surface area contributed by atoms with Crippen LogP contribution < -0.4 is 0 Å². The summed E-state index contributed by atoms with van der Waals surface area (Å²) in [6.07, 6.45) is 0. The largest absolute Gasteiger partial charge is 0.478 e. The minimum Gasteiger partial charge on any atom is -0.478 e. The molecule has 4 aromatic rings. The molecule has 6 heteroatoms. The molecule has 0 saturated carbocycles. The van der Waals surface area contributed by atoms with E-state index in [-0.39, 0.29) is 39.6 Å². The molecule has 0 radical (unpaired) electrons. The van der Waals surface area contributed by atoms with Gasteiger partial charge in [0, 0.05) is 44.5 Å². The van der Waals surface area contributed by atoms with Gasteiger partial charge in [-0.15, -0.1) is 0 Å². The number of carbonyl (C=O) groups excluding carboxylic acids is 4. The minimum atomic E-state index is -1.21. The number of aromatic carboxylic acids is 1. The molecule has 0 unspecified atom stereocenters. The predicted octanol–water partition coefficient (Wildman–Crippen LogP) is 4.62. The molecule has 2 aliphatic rings. The molecule has 1 N–H and O–H groups in total. The zero-order valence-corrected chi connectivity index (χ0v) is 18.1. The molecule has 6 rings (SSSR count). The lowest BCUT2D eigenvalue weighted by Crippen LogP contribution is -2.23. The first-order chi connectivity index (χ1) is 16.9. The van der Waals surface area contributed by atoms with Gasteiger partial charge in [0.05, 0.1) is 5.56 Å². The van der Waals surface area contributed by atoms with Gasteiger partial charge in [0.1, 0.15) is 0 Å². The number of benzene rings is 4. The molecule has 168 valence electrons. The molecule has 35 heavy (non-hydrogen) atoms. The van der Waals surface area contributed by atoms with E-state index in [0.717, 1.165) is 0 Å². The highest BCUT2D eigenvalue weighted by Gasteiger charge is 2.32. The lowest BCUT2D eigenvalue weighted by Gasteiger charge is -2.18. The molecule has 0 saturated heterocycles. The number of hydrogen-bond acceptors (Lipinski definition) is 5. The maximum Gasteiger partial charge on any atom is 0.336 e. The Morgan fingerprint density at radius 1 is 0.429 bits per heavy atom. The number of rotatable bonds is 1. The summed E-state index contributed by atoms with van der Waals surface area (Å²) in [7, 11) is 0. The summed E-state index contributed by atoms with van der Waals surface area (Å²) in [6.45, 7) is 0. The molecule has 0 aliphatic heterocycles. The summed E-state index contributed by atoms with van der Waals surface area (Å²) in [5, 5.41) is 9.13. The van der Waals surface area contributed by atoms with Crippen molar-refractivity contribution in [1.29, 1.82) is 0 Å². The number of hydrogen-bond donors (Lipinski definition) is 1. The minimum absolute atomic E-state index is 0.0151. The maximum absolute atomic E-state index is 12.4. The quantitative estimate of drug-likeness (QED) is 0.384. The molecule has 0 fully saturated rings. The summed E-state index contributed by atoms with van der Waals surface area (Å²) in [5.74, 6) is -2.06. The van der Waals surface area contributed by atoms with Crippen molar-refractivity contribution in [2.45, 2.75) is 0 Å². The van der Waals surface area contributed by atoms with Crippen molar-refractivity contribution in [3.63, 3.8) is 0 Å². The van der Waals surface area contributed by atoms with E-state index in [2.05, 4.69) is 0 Å². The van der Waals surface area contributed by atoms with Gasteiger partial charge < -0.3 is 5.11 Å². The molecule has 0 bridgehead atoms. The molecule has 0 amide bonds. The Hall–Kier alpha value is -4.97. The summed E-state index contributed by atoms with van der Waals surface area (Å²) >= 11 is 0. The normalized spacial score (nSPS) is 13.0. The Morgan fingerprint density at radius 3 is 1.11 bits per heavy atom. The predicted molar refractivity (Wildman–Crippen MR) is 126 cm³/mol. The fourth-order valence-electron chi connectivity index (χ4n) is 4.37. The Balaban J connectivity index is 0.000000147. The highest BCUT2D eigenvalue weighted by molar-refractivity contribution is 6.30. The summed E-state index contributed by atoms with van der Waals surface area (Å²) in [4.78, 5) is 60.0. The van der Waals surface area contributed by atoms with Gasteiger partial charge in [0.2, 0.25) is 0 Å². The standard InChI is InChI=1S/C15H8O4.C14H8O2/c16-13-8-4-1-2-5-9(8)14(17)12-10(13)6-3-7-11(12)15(18)19;15-13-9-5-1-2-6-10(9)14(16)12-8-4-3-7-11(12)13/h1-7H,(H,18,19);1-8H. The van der Waals surface area contributed by atoms with Crippen LogP contribution in [-0.2, 0) is 0 Å². The molecule has 2 aliphatic carbocycles. The van der Waals surface area contributed by atoms with Crippen LogP contribution in [0.1, 0.15) is 74.0 Å². The highest BCUT2D eigenvalue weighted by Crippen LogP contribution is 2.29. The molecule has 0 aromatic heterocycles. The zero-order chi connectivity index (χ0) is 24.7. The van der Waals surface area contributed by atoms with Crippen LogP contribution in [0.5, 0.6) is 0 Å². The van der Waals surface area contributed by atoms with Gasteiger partial charge in [-0.3, -0.25) is 19.2 Å². The average molecular weight is 460 g/mol. The third-order valence-corrected chi connectivity index (χ3v) is 6.02. The average Bonchev–Trinajstić information content (AvgIpc) is 2.90. The second-order valence-corrected chi connectivity index (χ2v) is 7.99. The summed E-state index contributed by atoms with van der Waals surface area (Å²) in [6, 6.07) is 24.6. The molecule has 0 atom stereocenters. The van der Waals surface area contributed by atoms with Crippen molar-refractivity contribution in [2.75, 3.05) is 0 Å². The van der Waals surface area contributed by atoms with Crippen molar-refractivity contribution in [3.8, 4) is 0 Å². The van der Waals surface area contributed by atoms with Crippen LogP contribution in [0.4, 0.5) is 0 Å². The molecular formula is C29H16O6. The maximum atomic E-state index is 12.4. The van der Waals surface area contributed by atoms with Crippen molar-refractivity contribution < 1.29 is 29.1 Å². The Kier molecular flexibility index (Phi) is 5.26. The zero-order valence-electron chi connectivity index (χ0n) is 18.1. The van der Waals surface area contributed by atoms with E-state index in [4.69, 9.17) is 5.11 Å². The Labute approximate surface area is 199 Å². The van der Waals surface area contributed by atoms with E-state index in [9.17, 15) is 24.0 Å². The summed E-state index contributed by atoms with van der Waals surface area (Å²) in [5.41, 5.74) is 2.61. The van der Waals surface area contributed by atoms with Crippen molar-refractivity contribution >= 4 is 29.1 Å². The molecule has 4 aromatic carbocycles. The van der Waals surface area contributed by atoms with Crippen LogP contribution in [0.3, 0.4) is 0 Å². The second-order valence-electron chi connectivity index (χ2n) is 7.99. The summed E-state index contributed by atoms with van der Waals surface area (Å²) < 4.78 is 0. The Bertz CT molecular complexity index is 1490. The van der Waals surface area contributed by atoms with Crippen LogP contribution in [0.15, 0.2) is 91.0 Å². The lowest BCUT2D eigenvalue weighted by molar-refractivity contribution is 0.0692. The number of carboxylic acids is 1. The Morgan fingerprint density at radius 2 is 0.743 bits per heavy atom. The van der Waals surface area contributed by atoms with Gasteiger partial charge in [0.15, 0.2) is 23.1 Å². The fourth-order valence-corrected chi connectivity index (χ4v) is 4.37. The number of carbonyl (C=O) groups is 5. The van der Waals surface area contributed by atoms with Gasteiger partial charge in [-0.05, 0) is 6.07 Å². The first-order valence-corrected chi connectivity index (χ1v) is 10.7. The number of ketones is 4. The molecule has 0 spiro atoms. The molecular weight excluding hydrogens is 444 g/mol. The first kappa shape index (κ1) is 21.9. The van der Waals surface area contributed by atoms with Crippen molar-refractivity contribution in [2.24, 2.45) is 0 Å². The van der Waals surface area contributed by atoms with E-state index in [1.54, 1.807) is 66.7 Å². The van der Waals surface area contributed by atoms with Gasteiger partial charge in [-0.2, -0.15) is 0 Å². The van der Waals surface area contributed by atoms with E-state index in [1.807, 2.05) is 0 Å². The molecule has 6 nitrogen and oxygen atoms in total. The topological polar surface area (TPSA) is 106 Å². The highest BCUT2D eigenvalue weighted by atomic mass is 16.4. The number of carboxylic acid groups (broad SMARTS) is 1. The van der Waals surface area contributed by atoms with Crippen LogP contribution in [0.25, 0.3) is 0 Å². The van der Waals surface area contributed by atoms with Crippen LogP contribution in [0.2, 0.25) is 0 Å². The molecule has 0 heterocycles. The third kappa shape index (κ3) is 3.48. The van der Waals surface area contributed by atoms with E-state index in [0.29, 0.717) is 27.8 Å². The van der Waals surface area contributed by atoms with Crippen LogP contribution in [0, 0.1) is 0 Å². The van der Waals surface area contributed by atoms with Gasteiger partial charge in [0.25, 0.3) is 0 Å².